The molecule has 10 heteroatoms. The average molecular weight is 496 g/mol. The van der Waals surface area contributed by atoms with Crippen molar-refractivity contribution in [3.8, 4) is 6.07 Å². The van der Waals surface area contributed by atoms with Gasteiger partial charge in [-0.2, -0.15) is 5.26 Å². The van der Waals surface area contributed by atoms with E-state index in [-0.39, 0.29) is 17.4 Å². The molecule has 1 N–H and O–H groups in total. The average Bonchev–Trinajstić information content (AvgIpc) is 3.29. The molecule has 188 valence electrons. The molecule has 10 nitrogen and oxygen atoms in total. The van der Waals surface area contributed by atoms with Gasteiger partial charge in [0, 0.05) is 62.6 Å². The standard InChI is InChI=1S/C27H29N9O/c1-18-15-34(11-12-35(18)26(37)23-20(29-2)5-3-9-31-23)24-22-25(33-17-32-24)36(16-27(22)7-4-8-27)21-13-19(14-28)6-10-30-21/h3,5-6,9-10,13,17-18,29H,4,7-8,11-12,15-16H2,1-2H3. The highest BCUT2D eigenvalue weighted by molar-refractivity contribution is 5.98. The van der Waals surface area contributed by atoms with Gasteiger partial charge in [0.25, 0.3) is 5.91 Å². The van der Waals surface area contributed by atoms with Crippen LogP contribution in [0.1, 0.15) is 47.8 Å². The Morgan fingerprint density at radius 2 is 1.97 bits per heavy atom. The van der Waals surface area contributed by atoms with Crippen LogP contribution in [0.25, 0.3) is 0 Å². The normalized spacial score (nSPS) is 19.8. The predicted octanol–water partition coefficient (Wildman–Crippen LogP) is 3.10. The lowest BCUT2D eigenvalue weighted by Gasteiger charge is -2.43. The highest BCUT2D eigenvalue weighted by Gasteiger charge is 2.51. The number of aromatic nitrogens is 4. The summed E-state index contributed by atoms with van der Waals surface area (Å²) in [6, 6.07) is 9.45. The van der Waals surface area contributed by atoms with Gasteiger partial charge in [0.05, 0.1) is 17.3 Å². The van der Waals surface area contributed by atoms with Crippen LogP contribution in [0, 0.1) is 11.3 Å². The predicted molar refractivity (Wildman–Crippen MR) is 140 cm³/mol. The largest absolute Gasteiger partial charge is 0.386 e. The lowest BCUT2D eigenvalue weighted by Crippen LogP contribution is -2.55. The van der Waals surface area contributed by atoms with Gasteiger partial charge in [-0.25, -0.2) is 19.9 Å². The Balaban J connectivity index is 1.30. The quantitative estimate of drug-likeness (QED) is 0.583. The van der Waals surface area contributed by atoms with E-state index in [1.807, 2.05) is 23.1 Å². The molecule has 0 radical (unpaired) electrons. The summed E-state index contributed by atoms with van der Waals surface area (Å²) in [6.07, 6.45) is 8.29. The second-order valence-electron chi connectivity index (χ2n) is 10.1. The summed E-state index contributed by atoms with van der Waals surface area (Å²) in [7, 11) is 1.80. The van der Waals surface area contributed by atoms with E-state index in [1.54, 1.807) is 31.8 Å². The minimum atomic E-state index is -0.0601. The first-order chi connectivity index (χ1) is 18.0. The van der Waals surface area contributed by atoms with Crippen LogP contribution in [0.15, 0.2) is 43.0 Å². The molecule has 3 aromatic heterocycles. The summed E-state index contributed by atoms with van der Waals surface area (Å²) in [5.74, 6) is 2.52. The minimum absolute atomic E-state index is 0.0117. The van der Waals surface area contributed by atoms with Crippen molar-refractivity contribution in [2.75, 3.05) is 48.3 Å². The Kier molecular flexibility index (Phi) is 5.63. The van der Waals surface area contributed by atoms with E-state index >= 15 is 0 Å². The number of nitrogens with one attached hydrogen (secondary N) is 1. The lowest BCUT2D eigenvalue weighted by atomic mass is 9.66. The second-order valence-corrected chi connectivity index (χ2v) is 10.1. The van der Waals surface area contributed by atoms with E-state index < -0.39 is 0 Å². The summed E-state index contributed by atoms with van der Waals surface area (Å²) in [5.41, 5.74) is 2.93. The number of carbonyl (C=O) groups excluding carboxylic acids is 1. The third kappa shape index (κ3) is 3.73. The molecule has 1 saturated carbocycles. The molecule has 1 saturated heterocycles. The number of nitriles is 1. The number of amides is 1. The fraction of sp³-hybridized carbons (Fsp3) is 0.407. The van der Waals surface area contributed by atoms with Crippen molar-refractivity contribution in [2.45, 2.75) is 37.6 Å². The van der Waals surface area contributed by atoms with Crippen LogP contribution < -0.4 is 15.1 Å². The molecule has 1 amide bonds. The molecular formula is C27H29N9O. The summed E-state index contributed by atoms with van der Waals surface area (Å²) in [5, 5.41) is 12.5. The number of fused-ring (bicyclic) bond motifs is 2. The SMILES string of the molecule is CNc1cccnc1C(=O)N1CCN(c2ncnc3c2C2(CCC2)CN3c2cc(C#N)ccn2)CC1C. The van der Waals surface area contributed by atoms with Gasteiger partial charge in [0.15, 0.2) is 5.69 Å². The van der Waals surface area contributed by atoms with Crippen LogP contribution in [0.4, 0.5) is 23.1 Å². The molecule has 5 heterocycles. The summed E-state index contributed by atoms with van der Waals surface area (Å²) in [6.45, 7) is 4.81. The third-order valence-corrected chi connectivity index (χ3v) is 7.98. The first-order valence-electron chi connectivity index (χ1n) is 12.7. The van der Waals surface area contributed by atoms with Gasteiger partial charge < -0.3 is 20.0 Å². The molecule has 0 bridgehead atoms. The number of anilines is 4. The van der Waals surface area contributed by atoms with Gasteiger partial charge in [-0.15, -0.1) is 0 Å². The van der Waals surface area contributed by atoms with Gasteiger partial charge in [-0.1, -0.05) is 6.42 Å². The topological polar surface area (TPSA) is 114 Å². The zero-order valence-corrected chi connectivity index (χ0v) is 21.1. The number of carbonyl (C=O) groups is 1. The van der Waals surface area contributed by atoms with Gasteiger partial charge in [-0.3, -0.25) is 4.79 Å². The number of hydrogen-bond acceptors (Lipinski definition) is 9. The Hall–Kier alpha value is -4.26. The van der Waals surface area contributed by atoms with Crippen molar-refractivity contribution in [1.82, 2.24) is 24.8 Å². The van der Waals surface area contributed by atoms with Gasteiger partial charge >= 0.3 is 0 Å². The second kappa shape index (κ2) is 9.00. The van der Waals surface area contributed by atoms with Gasteiger partial charge in [0.2, 0.25) is 0 Å². The van der Waals surface area contributed by atoms with Crippen LogP contribution >= 0.6 is 0 Å². The first-order valence-corrected chi connectivity index (χ1v) is 12.7. The van der Waals surface area contributed by atoms with Crippen LogP contribution in [0.5, 0.6) is 0 Å². The van der Waals surface area contributed by atoms with Crippen LogP contribution in [0.2, 0.25) is 0 Å². The maximum Gasteiger partial charge on any atom is 0.274 e. The van der Waals surface area contributed by atoms with Crippen molar-refractivity contribution in [3.63, 3.8) is 0 Å². The van der Waals surface area contributed by atoms with Crippen LogP contribution in [-0.4, -0.2) is 70.0 Å². The minimum Gasteiger partial charge on any atom is -0.386 e. The molecule has 2 fully saturated rings. The molecule has 3 aliphatic rings. The number of hydrogen-bond donors (Lipinski definition) is 1. The maximum atomic E-state index is 13.4. The van der Waals surface area contributed by atoms with E-state index in [4.69, 9.17) is 9.97 Å². The number of piperazine rings is 1. The summed E-state index contributed by atoms with van der Waals surface area (Å²) < 4.78 is 0. The first kappa shape index (κ1) is 23.2. The number of nitrogens with zero attached hydrogens (tertiary/aromatic N) is 8. The monoisotopic (exact) mass is 495 g/mol. The van der Waals surface area contributed by atoms with Crippen LogP contribution in [-0.2, 0) is 5.41 Å². The maximum absolute atomic E-state index is 13.4. The lowest BCUT2D eigenvalue weighted by molar-refractivity contribution is 0.0668. The van der Waals surface area contributed by atoms with Crippen molar-refractivity contribution >= 4 is 29.0 Å². The zero-order chi connectivity index (χ0) is 25.6. The fourth-order valence-corrected chi connectivity index (χ4v) is 5.94. The molecular weight excluding hydrogens is 466 g/mol. The van der Waals surface area contributed by atoms with Crippen molar-refractivity contribution < 1.29 is 4.79 Å². The Morgan fingerprint density at radius 3 is 2.70 bits per heavy atom. The summed E-state index contributed by atoms with van der Waals surface area (Å²) >= 11 is 0. The van der Waals surface area contributed by atoms with E-state index in [9.17, 15) is 10.1 Å². The highest BCUT2D eigenvalue weighted by Crippen LogP contribution is 2.56. The molecule has 1 unspecified atom stereocenters. The van der Waals surface area contributed by atoms with Gasteiger partial charge in [0.1, 0.15) is 23.8 Å². The molecule has 1 spiro atoms. The van der Waals surface area contributed by atoms with Crippen molar-refractivity contribution in [3.05, 3.63) is 59.8 Å². The number of pyridine rings is 2. The van der Waals surface area contributed by atoms with Gasteiger partial charge in [-0.05, 0) is 44.0 Å². The molecule has 1 atom stereocenters. The Labute approximate surface area is 216 Å². The van der Waals surface area contributed by atoms with Crippen LogP contribution in [0.3, 0.4) is 0 Å². The molecule has 1 aliphatic carbocycles. The van der Waals surface area contributed by atoms with Crippen molar-refractivity contribution in [2.24, 2.45) is 0 Å². The molecule has 37 heavy (non-hydrogen) atoms. The number of rotatable bonds is 4. The molecule has 0 aromatic carbocycles. The van der Waals surface area contributed by atoms with E-state index in [0.717, 1.165) is 42.5 Å². The van der Waals surface area contributed by atoms with Crippen molar-refractivity contribution in [1.29, 1.82) is 5.26 Å². The molecule has 3 aromatic rings. The molecule has 2 aliphatic heterocycles. The van der Waals surface area contributed by atoms with E-state index in [1.165, 1.54) is 12.0 Å². The third-order valence-electron chi connectivity index (χ3n) is 7.98. The fourth-order valence-electron chi connectivity index (χ4n) is 5.94. The highest BCUT2D eigenvalue weighted by atomic mass is 16.2. The summed E-state index contributed by atoms with van der Waals surface area (Å²) in [4.78, 5) is 38.1. The van der Waals surface area contributed by atoms with E-state index in [0.29, 0.717) is 30.9 Å². The zero-order valence-electron chi connectivity index (χ0n) is 21.1. The Morgan fingerprint density at radius 1 is 1.14 bits per heavy atom. The molecule has 6 rings (SSSR count). The Bertz CT molecular complexity index is 1400. The smallest absolute Gasteiger partial charge is 0.274 e. The van der Waals surface area contributed by atoms with E-state index in [2.05, 4.69) is 38.1 Å².